The average Bonchev–Trinajstić information content (AvgIpc) is 2.23. The van der Waals surface area contributed by atoms with Crippen LogP contribution >= 0.6 is 0 Å². The minimum Gasteiger partial charge on any atom is -0.310 e. The number of rotatable bonds is 5. The molecule has 17 heavy (non-hydrogen) atoms. The first-order valence-corrected chi connectivity index (χ1v) is 5.33. The van der Waals surface area contributed by atoms with Crippen molar-refractivity contribution < 1.29 is 17.6 Å². The number of hydrogen-bond acceptors (Lipinski definition) is 2. The van der Waals surface area contributed by atoms with Gasteiger partial charge < -0.3 is 5.32 Å². The van der Waals surface area contributed by atoms with Gasteiger partial charge in [-0.2, -0.15) is 13.2 Å². The summed E-state index contributed by atoms with van der Waals surface area (Å²) < 4.78 is 50.5. The van der Waals surface area contributed by atoms with Crippen molar-refractivity contribution in [2.45, 2.75) is 32.0 Å². The third-order valence-corrected chi connectivity index (χ3v) is 2.26. The highest BCUT2D eigenvalue weighted by Crippen LogP contribution is 2.30. The lowest BCUT2D eigenvalue weighted by molar-refractivity contribution is -0.140. The number of halogens is 4. The van der Waals surface area contributed by atoms with Crippen LogP contribution in [0.3, 0.4) is 0 Å². The molecule has 0 spiro atoms. The Hall–Kier alpha value is -1.17. The molecule has 1 unspecified atom stereocenters. The van der Waals surface area contributed by atoms with Gasteiger partial charge in [-0.25, -0.2) is 4.39 Å². The molecule has 6 heteroatoms. The maximum atomic E-state index is 13.4. The summed E-state index contributed by atoms with van der Waals surface area (Å²) in [5.41, 5.74) is 0.00535. The Morgan fingerprint density at radius 3 is 2.65 bits per heavy atom. The van der Waals surface area contributed by atoms with E-state index < -0.39 is 24.5 Å². The van der Waals surface area contributed by atoms with Gasteiger partial charge in [0.05, 0.1) is 12.6 Å². The molecule has 1 atom stereocenters. The van der Waals surface area contributed by atoms with Crippen LogP contribution in [0.4, 0.5) is 17.6 Å². The highest BCUT2D eigenvalue weighted by atomic mass is 19.4. The molecule has 1 N–H and O–H groups in total. The second kappa shape index (κ2) is 5.95. The van der Waals surface area contributed by atoms with E-state index in [2.05, 4.69) is 10.3 Å². The predicted molar refractivity (Wildman–Crippen MR) is 55.9 cm³/mol. The highest BCUT2D eigenvalue weighted by molar-refractivity contribution is 5.17. The zero-order valence-corrected chi connectivity index (χ0v) is 9.39. The molecule has 0 fully saturated rings. The molecule has 1 aromatic heterocycles. The lowest BCUT2D eigenvalue weighted by Gasteiger charge is -2.20. The fraction of sp³-hybridized carbons (Fsp3) is 0.545. The second-order valence-corrected chi connectivity index (χ2v) is 3.72. The van der Waals surface area contributed by atoms with Crippen molar-refractivity contribution in [1.82, 2.24) is 10.3 Å². The number of pyridine rings is 1. The minimum atomic E-state index is -4.33. The number of nitrogens with one attached hydrogen (secondary N) is 1. The molecule has 0 aliphatic carbocycles. The van der Waals surface area contributed by atoms with Gasteiger partial charge in [0.1, 0.15) is 5.82 Å². The van der Waals surface area contributed by atoms with Gasteiger partial charge in [0, 0.05) is 17.8 Å². The summed E-state index contributed by atoms with van der Waals surface area (Å²) in [6.07, 6.45) is -2.53. The van der Waals surface area contributed by atoms with Gasteiger partial charge in [-0.1, -0.05) is 6.92 Å². The summed E-state index contributed by atoms with van der Waals surface area (Å²) in [5, 5.41) is 2.70. The van der Waals surface area contributed by atoms with Crippen molar-refractivity contribution >= 4 is 0 Å². The average molecular weight is 250 g/mol. The summed E-state index contributed by atoms with van der Waals surface area (Å²) in [4.78, 5) is 3.52. The molecule has 0 amide bonds. The van der Waals surface area contributed by atoms with Crippen LogP contribution in [0.15, 0.2) is 18.5 Å². The molecule has 1 aromatic rings. The summed E-state index contributed by atoms with van der Waals surface area (Å²) in [6.45, 7) is 2.24. The summed E-state index contributed by atoms with van der Waals surface area (Å²) in [5.74, 6) is -0.717. The van der Waals surface area contributed by atoms with Crippen molar-refractivity contribution in [3.63, 3.8) is 0 Å². The van der Waals surface area contributed by atoms with Gasteiger partial charge in [0.15, 0.2) is 0 Å². The first kappa shape index (κ1) is 13.9. The van der Waals surface area contributed by atoms with E-state index in [1.807, 2.05) is 6.92 Å². The Morgan fingerprint density at radius 1 is 1.41 bits per heavy atom. The number of alkyl halides is 3. The van der Waals surface area contributed by atoms with Gasteiger partial charge in [-0.15, -0.1) is 0 Å². The molecule has 0 bridgehead atoms. The molecular formula is C11H14F4N2. The molecule has 1 heterocycles. The van der Waals surface area contributed by atoms with Crippen molar-refractivity contribution in [2.75, 3.05) is 6.54 Å². The van der Waals surface area contributed by atoms with Gasteiger partial charge in [0.2, 0.25) is 0 Å². The van der Waals surface area contributed by atoms with Gasteiger partial charge in [0.25, 0.3) is 0 Å². The third-order valence-electron chi connectivity index (χ3n) is 2.26. The molecule has 1 rings (SSSR count). The van der Waals surface area contributed by atoms with Crippen molar-refractivity contribution in [3.8, 4) is 0 Å². The highest BCUT2D eigenvalue weighted by Gasteiger charge is 2.33. The van der Waals surface area contributed by atoms with Crippen molar-refractivity contribution in [3.05, 3.63) is 29.8 Å². The van der Waals surface area contributed by atoms with E-state index in [-0.39, 0.29) is 5.56 Å². The molecule has 0 radical (unpaired) electrons. The molecule has 2 nitrogen and oxygen atoms in total. The Kier molecular flexibility index (Phi) is 4.86. The summed E-state index contributed by atoms with van der Waals surface area (Å²) in [6, 6.07) is 0.215. The van der Waals surface area contributed by atoms with Gasteiger partial charge in [-0.05, 0) is 19.0 Å². The standard InChI is InChI=1S/C11H14F4N2/c1-2-4-17-10(6-11(13,14)15)8-3-5-16-7-9(8)12/h3,5,7,10,17H,2,4,6H2,1H3. The normalized spacial score (nSPS) is 13.7. The van der Waals surface area contributed by atoms with E-state index in [4.69, 9.17) is 0 Å². The Balaban J connectivity index is 2.86. The van der Waals surface area contributed by atoms with Crippen LogP contribution in [-0.4, -0.2) is 17.7 Å². The van der Waals surface area contributed by atoms with Crippen LogP contribution in [0.2, 0.25) is 0 Å². The van der Waals surface area contributed by atoms with E-state index in [0.29, 0.717) is 13.0 Å². The molecule has 96 valence electrons. The number of nitrogens with zero attached hydrogens (tertiary/aromatic N) is 1. The van der Waals surface area contributed by atoms with Crippen LogP contribution in [0, 0.1) is 5.82 Å². The van der Waals surface area contributed by atoms with E-state index >= 15 is 0 Å². The molecule has 0 saturated carbocycles. The second-order valence-electron chi connectivity index (χ2n) is 3.72. The van der Waals surface area contributed by atoms with Crippen LogP contribution in [-0.2, 0) is 0 Å². The first-order chi connectivity index (χ1) is 7.94. The SMILES string of the molecule is CCCNC(CC(F)(F)F)c1ccncc1F. The fourth-order valence-electron chi connectivity index (χ4n) is 1.51. The smallest absolute Gasteiger partial charge is 0.310 e. The van der Waals surface area contributed by atoms with Crippen LogP contribution < -0.4 is 5.32 Å². The monoisotopic (exact) mass is 250 g/mol. The van der Waals surface area contributed by atoms with E-state index in [0.717, 1.165) is 6.20 Å². The fourth-order valence-corrected chi connectivity index (χ4v) is 1.51. The Labute approximate surface area is 97.1 Å². The quantitative estimate of drug-likeness (QED) is 0.812. The maximum Gasteiger partial charge on any atom is 0.390 e. The summed E-state index contributed by atoms with van der Waals surface area (Å²) in [7, 11) is 0. The Bertz CT molecular complexity index is 352. The molecule has 0 aliphatic rings. The third kappa shape index (κ3) is 4.68. The largest absolute Gasteiger partial charge is 0.390 e. The van der Waals surface area contributed by atoms with Crippen LogP contribution in [0.5, 0.6) is 0 Å². The Morgan fingerprint density at radius 2 is 2.12 bits per heavy atom. The zero-order chi connectivity index (χ0) is 12.9. The maximum absolute atomic E-state index is 13.4. The molecule has 0 saturated heterocycles. The summed E-state index contributed by atoms with van der Waals surface area (Å²) >= 11 is 0. The topological polar surface area (TPSA) is 24.9 Å². The minimum absolute atomic E-state index is 0.00535. The lowest BCUT2D eigenvalue weighted by Crippen LogP contribution is -2.28. The van der Waals surface area contributed by atoms with Crippen LogP contribution in [0.25, 0.3) is 0 Å². The van der Waals surface area contributed by atoms with E-state index in [1.165, 1.54) is 12.3 Å². The zero-order valence-electron chi connectivity index (χ0n) is 9.39. The van der Waals surface area contributed by atoms with E-state index in [9.17, 15) is 17.6 Å². The number of aromatic nitrogens is 1. The van der Waals surface area contributed by atoms with E-state index in [1.54, 1.807) is 0 Å². The van der Waals surface area contributed by atoms with Gasteiger partial charge >= 0.3 is 6.18 Å². The van der Waals surface area contributed by atoms with Crippen molar-refractivity contribution in [1.29, 1.82) is 0 Å². The molecular weight excluding hydrogens is 236 g/mol. The first-order valence-electron chi connectivity index (χ1n) is 5.33. The lowest BCUT2D eigenvalue weighted by atomic mass is 10.0. The predicted octanol–water partition coefficient (Wildman–Crippen LogP) is 3.21. The molecule has 0 aromatic carbocycles. The van der Waals surface area contributed by atoms with Gasteiger partial charge in [-0.3, -0.25) is 4.98 Å². The van der Waals surface area contributed by atoms with Crippen molar-refractivity contribution in [2.24, 2.45) is 0 Å². The van der Waals surface area contributed by atoms with Crippen LogP contribution in [0.1, 0.15) is 31.4 Å². The molecule has 0 aliphatic heterocycles. The number of hydrogen-bond donors (Lipinski definition) is 1.